The number of aliphatic hydroxyl groups excluding tert-OH is 2. The van der Waals surface area contributed by atoms with Crippen molar-refractivity contribution in [3.63, 3.8) is 0 Å². The summed E-state index contributed by atoms with van der Waals surface area (Å²) >= 11 is 4.94. The Bertz CT molecular complexity index is 403. The van der Waals surface area contributed by atoms with Gasteiger partial charge < -0.3 is 20.8 Å². The molecule has 0 aliphatic carbocycles. The normalized spacial score (nSPS) is 24.8. The van der Waals surface area contributed by atoms with Gasteiger partial charge in [0, 0.05) is 24.8 Å². The highest BCUT2D eigenvalue weighted by Gasteiger charge is 2.30. The Kier molecular flexibility index (Phi) is 3.04. The van der Waals surface area contributed by atoms with Crippen LogP contribution in [0.5, 0.6) is 0 Å². The van der Waals surface area contributed by atoms with Gasteiger partial charge in [-0.25, -0.2) is 0 Å². The molecule has 5 nitrogen and oxygen atoms in total. The molecule has 4 N–H and O–H groups in total. The molecule has 86 valence electrons. The highest BCUT2D eigenvalue weighted by atomic mass is 32.1. The zero-order chi connectivity index (χ0) is 11.7. The number of nitrogens with two attached hydrogens (primary N) is 1. The number of hydrogen-bond donors (Lipinski definition) is 3. The molecule has 0 radical (unpaired) electrons. The van der Waals surface area contributed by atoms with Gasteiger partial charge >= 0.3 is 0 Å². The fourth-order valence-corrected chi connectivity index (χ4v) is 1.99. The van der Waals surface area contributed by atoms with E-state index in [4.69, 9.17) is 18.0 Å². The van der Waals surface area contributed by atoms with Gasteiger partial charge in [-0.2, -0.15) is 0 Å². The van der Waals surface area contributed by atoms with Gasteiger partial charge in [0.2, 0.25) is 0 Å². The summed E-state index contributed by atoms with van der Waals surface area (Å²) in [4.78, 5) is 6.12. The molecule has 1 fully saturated rings. The van der Waals surface area contributed by atoms with Crippen molar-refractivity contribution in [1.29, 1.82) is 0 Å². The topological polar surface area (TPSA) is 82.6 Å². The number of aliphatic hydroxyl groups is 2. The van der Waals surface area contributed by atoms with Crippen LogP contribution in [0.1, 0.15) is 5.56 Å². The second-order valence-electron chi connectivity index (χ2n) is 3.80. The van der Waals surface area contributed by atoms with Gasteiger partial charge in [-0.05, 0) is 6.07 Å². The van der Waals surface area contributed by atoms with Gasteiger partial charge in [-0.3, -0.25) is 4.98 Å². The Morgan fingerprint density at radius 1 is 1.44 bits per heavy atom. The lowest BCUT2D eigenvalue weighted by Crippen LogP contribution is -2.25. The first kappa shape index (κ1) is 11.3. The smallest absolute Gasteiger partial charge is 0.106 e. The number of thiocarbonyl (C=S) groups is 1. The van der Waals surface area contributed by atoms with Gasteiger partial charge in [0.05, 0.1) is 24.1 Å². The number of hydrogen-bond acceptors (Lipinski definition) is 5. The minimum absolute atomic E-state index is 0.285. The molecule has 2 heterocycles. The van der Waals surface area contributed by atoms with Crippen molar-refractivity contribution in [2.24, 2.45) is 5.73 Å². The first-order chi connectivity index (χ1) is 7.59. The Morgan fingerprint density at radius 3 is 2.62 bits per heavy atom. The molecule has 1 aromatic rings. The predicted molar refractivity (Wildman–Crippen MR) is 64.4 cm³/mol. The van der Waals surface area contributed by atoms with Crippen LogP contribution in [0.15, 0.2) is 18.5 Å². The van der Waals surface area contributed by atoms with E-state index in [2.05, 4.69) is 4.98 Å². The molecule has 0 spiro atoms. The largest absolute Gasteiger partial charge is 0.389 e. The van der Waals surface area contributed by atoms with Crippen molar-refractivity contribution in [1.82, 2.24) is 4.98 Å². The van der Waals surface area contributed by atoms with E-state index in [0.717, 1.165) is 5.69 Å². The summed E-state index contributed by atoms with van der Waals surface area (Å²) in [5, 5.41) is 19.0. The average molecular weight is 239 g/mol. The monoisotopic (exact) mass is 239 g/mol. The van der Waals surface area contributed by atoms with Gasteiger partial charge in [0.25, 0.3) is 0 Å². The number of pyridine rings is 1. The van der Waals surface area contributed by atoms with Crippen molar-refractivity contribution >= 4 is 22.9 Å². The van der Waals surface area contributed by atoms with Gasteiger partial charge in [0.15, 0.2) is 0 Å². The van der Waals surface area contributed by atoms with E-state index in [1.807, 2.05) is 4.90 Å². The number of β-amino-alcohol motifs (C(OH)–C–C–N with tert-alkyl or cyclic N) is 2. The Labute approximate surface area is 98.5 Å². The first-order valence-electron chi connectivity index (χ1n) is 4.94. The highest BCUT2D eigenvalue weighted by molar-refractivity contribution is 7.80. The number of nitrogens with zero attached hydrogens (tertiary/aromatic N) is 2. The lowest BCUT2D eigenvalue weighted by Gasteiger charge is -2.20. The van der Waals surface area contributed by atoms with Crippen LogP contribution in [0, 0.1) is 0 Å². The molecule has 1 aromatic heterocycles. The van der Waals surface area contributed by atoms with Crippen molar-refractivity contribution in [3.05, 3.63) is 24.0 Å². The average Bonchev–Trinajstić information content (AvgIpc) is 2.59. The van der Waals surface area contributed by atoms with Crippen LogP contribution in [0.4, 0.5) is 5.69 Å². The maximum absolute atomic E-state index is 9.48. The highest BCUT2D eigenvalue weighted by Crippen LogP contribution is 2.23. The Balaban J connectivity index is 2.31. The van der Waals surface area contributed by atoms with E-state index in [1.54, 1.807) is 18.5 Å². The van der Waals surface area contributed by atoms with Gasteiger partial charge in [0.1, 0.15) is 4.99 Å². The van der Waals surface area contributed by atoms with Crippen molar-refractivity contribution < 1.29 is 10.2 Å². The van der Waals surface area contributed by atoms with Crippen LogP contribution in [0.2, 0.25) is 0 Å². The molecule has 1 saturated heterocycles. The van der Waals surface area contributed by atoms with Crippen molar-refractivity contribution in [2.75, 3.05) is 18.0 Å². The van der Waals surface area contributed by atoms with Crippen LogP contribution in [0.3, 0.4) is 0 Å². The third-order valence-electron chi connectivity index (χ3n) is 2.67. The summed E-state index contributed by atoms with van der Waals surface area (Å²) in [6.07, 6.45) is 1.78. The van der Waals surface area contributed by atoms with Crippen molar-refractivity contribution in [2.45, 2.75) is 12.2 Å². The van der Waals surface area contributed by atoms with Gasteiger partial charge in [-0.15, -0.1) is 0 Å². The summed E-state index contributed by atoms with van der Waals surface area (Å²) in [5.74, 6) is 0. The lowest BCUT2D eigenvalue weighted by molar-refractivity contribution is 0.0572. The third kappa shape index (κ3) is 1.99. The zero-order valence-electron chi connectivity index (χ0n) is 8.58. The molecule has 16 heavy (non-hydrogen) atoms. The van der Waals surface area contributed by atoms with Crippen LogP contribution in [-0.2, 0) is 0 Å². The molecular formula is C10H13N3O2S. The molecule has 2 unspecified atom stereocenters. The number of anilines is 1. The van der Waals surface area contributed by atoms with E-state index in [0.29, 0.717) is 18.7 Å². The summed E-state index contributed by atoms with van der Waals surface area (Å²) in [7, 11) is 0. The molecule has 0 saturated carbocycles. The maximum atomic E-state index is 9.48. The van der Waals surface area contributed by atoms with E-state index >= 15 is 0 Å². The third-order valence-corrected chi connectivity index (χ3v) is 2.89. The molecule has 1 aliphatic rings. The lowest BCUT2D eigenvalue weighted by atomic mass is 10.2. The standard InChI is InChI=1S/C10H13N3O2S/c11-10(16)6-1-2-12-3-7(6)13-4-8(14)9(15)5-13/h1-3,8-9,14-15H,4-5H2,(H2,11,16). The SMILES string of the molecule is NC(=S)c1ccncc1N1CC(O)C(O)C1. The Hall–Kier alpha value is -1.24. The van der Waals surface area contributed by atoms with Crippen LogP contribution in [-0.4, -0.2) is 45.5 Å². The first-order valence-corrected chi connectivity index (χ1v) is 5.35. The fourth-order valence-electron chi connectivity index (χ4n) is 1.81. The minimum atomic E-state index is -0.737. The van der Waals surface area contributed by atoms with E-state index < -0.39 is 12.2 Å². The zero-order valence-corrected chi connectivity index (χ0v) is 9.39. The summed E-state index contributed by atoms with van der Waals surface area (Å²) in [6.45, 7) is 0.727. The minimum Gasteiger partial charge on any atom is -0.389 e. The number of aromatic nitrogens is 1. The summed E-state index contributed by atoms with van der Waals surface area (Å²) < 4.78 is 0. The van der Waals surface area contributed by atoms with Gasteiger partial charge in [-0.1, -0.05) is 12.2 Å². The van der Waals surface area contributed by atoms with Crippen molar-refractivity contribution in [3.8, 4) is 0 Å². The van der Waals surface area contributed by atoms with Crippen LogP contribution in [0.25, 0.3) is 0 Å². The molecule has 6 heteroatoms. The maximum Gasteiger partial charge on any atom is 0.106 e. The molecule has 0 bridgehead atoms. The van der Waals surface area contributed by atoms with E-state index in [1.165, 1.54) is 0 Å². The molecule has 0 amide bonds. The molecule has 2 atom stereocenters. The molecule has 2 rings (SSSR count). The van der Waals surface area contributed by atoms with E-state index in [9.17, 15) is 10.2 Å². The Morgan fingerprint density at radius 2 is 2.06 bits per heavy atom. The molecular weight excluding hydrogens is 226 g/mol. The fraction of sp³-hybridized carbons (Fsp3) is 0.400. The molecule has 0 aromatic carbocycles. The predicted octanol–water partition coefficient (Wildman–Crippen LogP) is -0.742. The second kappa shape index (κ2) is 4.32. The molecule has 1 aliphatic heterocycles. The summed E-state index contributed by atoms with van der Waals surface area (Å²) in [5.41, 5.74) is 7.07. The van der Waals surface area contributed by atoms with Crippen LogP contribution >= 0.6 is 12.2 Å². The summed E-state index contributed by atoms with van der Waals surface area (Å²) in [6, 6.07) is 1.73. The van der Waals surface area contributed by atoms with E-state index in [-0.39, 0.29) is 4.99 Å². The quantitative estimate of drug-likeness (QED) is 0.590. The van der Waals surface area contributed by atoms with Crippen LogP contribution < -0.4 is 10.6 Å². The second-order valence-corrected chi connectivity index (χ2v) is 4.24. The number of rotatable bonds is 2.